The normalized spacial score (nSPS) is 13.6. The lowest BCUT2D eigenvalue weighted by Crippen LogP contribution is -2.25. The molecule has 6 heteroatoms. The molecule has 1 aromatic heterocycles. The number of nitrogens with zero attached hydrogens (tertiary/aromatic N) is 2. The molecule has 1 aliphatic carbocycles. The number of benzene rings is 8. The van der Waals surface area contributed by atoms with Crippen LogP contribution in [0.4, 0.5) is 17.1 Å². The molecule has 0 aliphatic heterocycles. The number of anilines is 3. The Kier molecular flexibility index (Phi) is 20.9. The molecule has 0 saturated heterocycles. The summed E-state index contributed by atoms with van der Waals surface area (Å²) in [5.74, 6) is -0.257. The minimum Gasteiger partial charge on any atom is -0.481 e. The fourth-order valence-corrected chi connectivity index (χ4v) is 13.6. The quantitative estimate of drug-likeness (QED) is 0.0328. The van der Waals surface area contributed by atoms with E-state index < -0.39 is 5.97 Å². The van der Waals surface area contributed by atoms with Gasteiger partial charge in [-0.25, -0.2) is 0 Å². The number of hydrogen-bond acceptors (Lipinski definition) is 4. The van der Waals surface area contributed by atoms with Crippen molar-refractivity contribution in [3.8, 4) is 39.1 Å². The van der Waals surface area contributed by atoms with Crippen LogP contribution < -0.4 is 4.90 Å². The van der Waals surface area contributed by atoms with Crippen LogP contribution in [0.25, 0.3) is 60.9 Å². The van der Waals surface area contributed by atoms with Crippen molar-refractivity contribution in [2.75, 3.05) is 11.5 Å². The molecule has 1 N–H and O–H groups in total. The van der Waals surface area contributed by atoms with E-state index in [0.29, 0.717) is 19.0 Å². The van der Waals surface area contributed by atoms with E-state index in [-0.39, 0.29) is 11.8 Å². The van der Waals surface area contributed by atoms with Gasteiger partial charge in [-0.1, -0.05) is 232 Å². The highest BCUT2D eigenvalue weighted by Gasteiger charge is 2.42. The molecule has 1 atom stereocenters. The van der Waals surface area contributed by atoms with Crippen LogP contribution in [0.3, 0.4) is 0 Å². The topological polar surface area (TPSA) is 71.8 Å². The summed E-state index contributed by atoms with van der Waals surface area (Å²) in [6.07, 6.45) is 24.3. The van der Waals surface area contributed by atoms with Crippen molar-refractivity contribution >= 4 is 51.3 Å². The molecule has 0 bridgehead atoms. The second-order valence-corrected chi connectivity index (χ2v) is 24.7. The number of aliphatic carboxylic acids is 1. The molecule has 440 valence electrons. The summed E-state index contributed by atoms with van der Waals surface area (Å²) in [4.78, 5) is 24.1. The average Bonchev–Trinajstić information content (AvgIpc) is 2.47. The van der Waals surface area contributed by atoms with Crippen LogP contribution in [0.2, 0.25) is 0 Å². The highest BCUT2D eigenvalue weighted by Crippen LogP contribution is 2.55. The summed E-state index contributed by atoms with van der Waals surface area (Å²) >= 11 is 0. The third kappa shape index (κ3) is 14.5. The van der Waals surface area contributed by atoms with Gasteiger partial charge in [-0.15, -0.1) is 0 Å². The van der Waals surface area contributed by atoms with Crippen molar-refractivity contribution in [1.29, 1.82) is 0 Å². The Morgan fingerprint density at radius 2 is 1.05 bits per heavy atom. The Balaban J connectivity index is 0.929. The van der Waals surface area contributed by atoms with Gasteiger partial charge in [0.2, 0.25) is 0 Å². The second-order valence-electron chi connectivity index (χ2n) is 24.7. The fraction of sp³-hybridized carbons (Fsp3) is 0.367. The number of carbonyl (C=O) groups is 2. The standard InChI is InChI=1S/C79H90N2O4/c1-5-6-7-18-25-60-30-40-69(41-31-60)81-76-27-21-20-26-72(76)73-50-39-65(56-77(73)81)63-36-46-68(47-37-63)80(66-42-32-61(33-43-66)58(2)3)67-44-34-62(35-45-67)64-38-49-71-70-48-29-59(4)54-74(70)79(75(71)55-64,51-22-15-11-8-10-14-19-28-78(83)84)52-23-16-12-9-13-17-24-53-85-57-82/h20-21,26-27,29-50,54-58H,5-19,22-25,28,51-53H2,1-4H3,(H,83,84). The van der Waals surface area contributed by atoms with Crippen LogP contribution in [-0.2, 0) is 26.2 Å². The lowest BCUT2D eigenvalue weighted by Gasteiger charge is -2.33. The number of carbonyl (C=O) groups excluding carboxylic acids is 1. The fourth-order valence-electron chi connectivity index (χ4n) is 13.6. The van der Waals surface area contributed by atoms with Gasteiger partial charge in [0, 0.05) is 45.4 Å². The van der Waals surface area contributed by atoms with Crippen molar-refractivity contribution in [2.24, 2.45) is 0 Å². The van der Waals surface area contributed by atoms with E-state index in [2.05, 4.69) is 213 Å². The molecule has 0 amide bonds. The first kappa shape index (κ1) is 60.4. The first-order valence-corrected chi connectivity index (χ1v) is 32.4. The van der Waals surface area contributed by atoms with Crippen LogP contribution in [-0.4, -0.2) is 28.7 Å². The summed E-state index contributed by atoms with van der Waals surface area (Å²) in [6, 6.07) is 67.1. The van der Waals surface area contributed by atoms with E-state index in [4.69, 9.17) is 9.84 Å². The maximum atomic E-state index is 11.1. The van der Waals surface area contributed by atoms with Gasteiger partial charge >= 0.3 is 5.97 Å². The maximum absolute atomic E-state index is 11.1. The van der Waals surface area contributed by atoms with E-state index in [1.54, 1.807) is 0 Å². The third-order valence-electron chi connectivity index (χ3n) is 18.4. The first-order chi connectivity index (χ1) is 41.6. The number of hydrogen-bond donors (Lipinski definition) is 1. The van der Waals surface area contributed by atoms with Gasteiger partial charge in [0.1, 0.15) is 0 Å². The lowest BCUT2D eigenvalue weighted by atomic mass is 9.70. The summed E-state index contributed by atoms with van der Waals surface area (Å²) in [6.45, 7) is 10.1. The molecule has 9 aromatic rings. The number of ether oxygens (including phenoxy) is 1. The van der Waals surface area contributed by atoms with Crippen LogP contribution in [0, 0.1) is 6.92 Å². The monoisotopic (exact) mass is 1130 g/mol. The average molecular weight is 1130 g/mol. The highest BCUT2D eigenvalue weighted by molar-refractivity contribution is 6.10. The molecule has 0 radical (unpaired) electrons. The summed E-state index contributed by atoms with van der Waals surface area (Å²) in [5, 5.41) is 11.7. The second kappa shape index (κ2) is 29.4. The molecule has 0 fully saturated rings. The van der Waals surface area contributed by atoms with E-state index in [1.165, 1.54) is 159 Å². The van der Waals surface area contributed by atoms with Gasteiger partial charge < -0.3 is 19.3 Å². The zero-order chi connectivity index (χ0) is 59.0. The summed E-state index contributed by atoms with van der Waals surface area (Å²) in [7, 11) is 0. The van der Waals surface area contributed by atoms with Gasteiger partial charge in [-0.2, -0.15) is 0 Å². The van der Waals surface area contributed by atoms with Crippen molar-refractivity contribution in [3.05, 3.63) is 204 Å². The van der Waals surface area contributed by atoms with Crippen molar-refractivity contribution in [1.82, 2.24) is 4.57 Å². The van der Waals surface area contributed by atoms with E-state index >= 15 is 0 Å². The Morgan fingerprint density at radius 3 is 1.66 bits per heavy atom. The van der Waals surface area contributed by atoms with Crippen LogP contribution in [0.1, 0.15) is 189 Å². The molecule has 0 spiro atoms. The Hall–Kier alpha value is -7.70. The molecular weight excluding hydrogens is 1040 g/mol. The first-order valence-electron chi connectivity index (χ1n) is 32.4. The van der Waals surface area contributed by atoms with Crippen molar-refractivity contribution < 1.29 is 19.4 Å². The van der Waals surface area contributed by atoms with Gasteiger partial charge in [-0.05, 0) is 174 Å². The predicted molar refractivity (Wildman–Crippen MR) is 357 cm³/mol. The molecular formula is C79H90N2O4. The maximum Gasteiger partial charge on any atom is 0.303 e. The molecule has 8 aromatic carbocycles. The number of carboxylic acids is 1. The largest absolute Gasteiger partial charge is 0.481 e. The summed E-state index contributed by atoms with van der Waals surface area (Å²) in [5.41, 5.74) is 21.5. The van der Waals surface area contributed by atoms with Crippen LogP contribution in [0.5, 0.6) is 0 Å². The molecule has 1 heterocycles. The number of rotatable bonds is 33. The van der Waals surface area contributed by atoms with E-state index in [0.717, 1.165) is 81.3 Å². The number of aromatic nitrogens is 1. The SMILES string of the molecule is CCCCCCc1ccc(-n2c3ccccc3c3ccc(-c4ccc(N(c5ccc(-c6ccc7c(c6)C(CCCCCCCCCOC=O)(CCCCCCCCCC(=O)O)c6cc(C)ccc6-7)cc5)c5ccc(C(C)C)cc5)cc4)cc32)cc1. The third-order valence-corrected chi connectivity index (χ3v) is 18.4. The number of unbranched alkanes of at least 4 members (excludes halogenated alkanes) is 15. The van der Waals surface area contributed by atoms with Crippen molar-refractivity contribution in [2.45, 2.75) is 180 Å². The molecule has 1 unspecified atom stereocenters. The van der Waals surface area contributed by atoms with Crippen molar-refractivity contribution in [3.63, 3.8) is 0 Å². The van der Waals surface area contributed by atoms with Gasteiger partial charge in [-0.3, -0.25) is 9.59 Å². The highest BCUT2D eigenvalue weighted by atomic mass is 16.5. The lowest BCUT2D eigenvalue weighted by molar-refractivity contribution is -0.137. The van der Waals surface area contributed by atoms with Gasteiger partial charge in [0.25, 0.3) is 6.47 Å². The Labute approximate surface area is 507 Å². The molecule has 0 saturated carbocycles. The number of aryl methyl sites for hydroxylation is 2. The number of carboxylic acid groups (broad SMARTS) is 1. The van der Waals surface area contributed by atoms with E-state index in [1.807, 2.05) is 0 Å². The molecule has 85 heavy (non-hydrogen) atoms. The minimum absolute atomic E-state index is 0.0744. The minimum atomic E-state index is -0.692. The zero-order valence-corrected chi connectivity index (χ0v) is 51.2. The van der Waals surface area contributed by atoms with E-state index in [9.17, 15) is 9.59 Å². The Morgan fingerprint density at radius 1 is 0.529 bits per heavy atom. The van der Waals surface area contributed by atoms with Crippen LogP contribution >= 0.6 is 0 Å². The smallest absolute Gasteiger partial charge is 0.303 e. The zero-order valence-electron chi connectivity index (χ0n) is 51.2. The molecule has 1 aliphatic rings. The number of para-hydroxylation sites is 1. The molecule has 10 rings (SSSR count). The Bertz CT molecular complexity index is 3610. The molecule has 6 nitrogen and oxygen atoms in total. The van der Waals surface area contributed by atoms with Crippen LogP contribution in [0.15, 0.2) is 176 Å². The predicted octanol–water partition coefficient (Wildman–Crippen LogP) is 22.3. The van der Waals surface area contributed by atoms with Gasteiger partial charge in [0.15, 0.2) is 0 Å². The summed E-state index contributed by atoms with van der Waals surface area (Å²) < 4.78 is 7.38. The number of fused-ring (bicyclic) bond motifs is 6. The van der Waals surface area contributed by atoms with Gasteiger partial charge in [0.05, 0.1) is 17.6 Å².